The Morgan fingerprint density at radius 1 is 0.481 bits per heavy atom. The van der Waals surface area contributed by atoms with Crippen LogP contribution in [-0.2, 0) is 21.1 Å². The standard InChI is InChI=1S/C44H30N6O.Pt/c1-25-7-5-8-26(2)39(25)37-17-15-33-31-13-11-29(23-35(31)41-45-19-21-49(41)43(33)47-37)51-30-12-14-32-34-16-18-38(40-27(3)9-6-10-28(40)4)48-44(34)50-22-20-46-42(50)36(32)24-30;/h5-22H,1-4H3;/q-2;+2. The number of nitrogens with zero attached hydrogens (tertiary/aromatic N) is 6. The maximum atomic E-state index is 6.46. The first-order valence-corrected chi connectivity index (χ1v) is 17.0. The van der Waals surface area contributed by atoms with Gasteiger partial charge in [-0.25, -0.2) is 9.97 Å². The molecule has 0 spiro atoms. The van der Waals surface area contributed by atoms with Gasteiger partial charge < -0.3 is 13.5 Å². The average molecular weight is 854 g/mol. The summed E-state index contributed by atoms with van der Waals surface area (Å²) in [6, 6.07) is 36.3. The number of rotatable bonds is 4. The van der Waals surface area contributed by atoms with Crippen LogP contribution in [0.15, 0.2) is 110 Å². The molecule has 6 aromatic heterocycles. The number of imidazole rings is 2. The van der Waals surface area contributed by atoms with Crippen molar-refractivity contribution in [1.82, 2.24) is 28.7 Å². The Morgan fingerprint density at radius 3 is 1.31 bits per heavy atom. The summed E-state index contributed by atoms with van der Waals surface area (Å²) in [4.78, 5) is 19.8. The summed E-state index contributed by atoms with van der Waals surface area (Å²) in [5.74, 6) is 1.14. The maximum absolute atomic E-state index is 6.46. The molecule has 0 N–H and O–H groups in total. The van der Waals surface area contributed by atoms with E-state index in [9.17, 15) is 0 Å². The number of aromatic nitrogens is 6. The molecule has 252 valence electrons. The van der Waals surface area contributed by atoms with Crippen molar-refractivity contribution in [3.05, 3.63) is 144 Å². The van der Waals surface area contributed by atoms with Crippen molar-refractivity contribution in [3.8, 4) is 34.0 Å². The van der Waals surface area contributed by atoms with Crippen LogP contribution < -0.4 is 4.74 Å². The van der Waals surface area contributed by atoms with Gasteiger partial charge in [-0.05, 0) is 72.9 Å². The van der Waals surface area contributed by atoms with E-state index in [-0.39, 0.29) is 21.1 Å². The van der Waals surface area contributed by atoms with Gasteiger partial charge in [0.2, 0.25) is 0 Å². The summed E-state index contributed by atoms with van der Waals surface area (Å²) in [5.41, 5.74) is 12.3. The zero-order valence-electron chi connectivity index (χ0n) is 28.8. The molecule has 6 heterocycles. The molecule has 0 aliphatic rings. The Labute approximate surface area is 313 Å². The van der Waals surface area contributed by atoms with Crippen molar-refractivity contribution in [2.75, 3.05) is 0 Å². The Kier molecular flexibility index (Phi) is 7.46. The molecule has 8 heteroatoms. The zero-order valence-corrected chi connectivity index (χ0v) is 31.1. The minimum Gasteiger partial charge on any atom is -0.497 e. The smallest absolute Gasteiger partial charge is 0.497 e. The predicted molar refractivity (Wildman–Crippen MR) is 204 cm³/mol. The molecular weight excluding hydrogens is 824 g/mol. The van der Waals surface area contributed by atoms with E-state index in [1.165, 1.54) is 22.3 Å². The summed E-state index contributed by atoms with van der Waals surface area (Å²) < 4.78 is 10.5. The molecule has 0 atom stereocenters. The normalized spacial score (nSPS) is 11.7. The van der Waals surface area contributed by atoms with Gasteiger partial charge in [-0.2, -0.15) is 0 Å². The average Bonchev–Trinajstić information content (AvgIpc) is 3.83. The van der Waals surface area contributed by atoms with Gasteiger partial charge in [0.25, 0.3) is 0 Å². The molecular formula is C44H30N6OPt. The molecule has 0 saturated carbocycles. The molecule has 4 aromatic carbocycles. The van der Waals surface area contributed by atoms with Gasteiger partial charge in [-0.1, -0.05) is 94.3 Å². The second kappa shape index (κ2) is 12.1. The molecule has 10 rings (SSSR count). The summed E-state index contributed by atoms with van der Waals surface area (Å²) >= 11 is 0. The van der Waals surface area contributed by atoms with Crippen LogP contribution in [0.2, 0.25) is 0 Å². The first-order chi connectivity index (χ1) is 24.9. The fourth-order valence-corrected chi connectivity index (χ4v) is 7.71. The number of pyridine rings is 4. The summed E-state index contributed by atoms with van der Waals surface area (Å²) in [6.45, 7) is 8.52. The summed E-state index contributed by atoms with van der Waals surface area (Å²) in [7, 11) is 0. The fraction of sp³-hybridized carbons (Fsp3) is 0.0909. The number of aryl methyl sites for hydroxylation is 4. The molecule has 52 heavy (non-hydrogen) atoms. The fourth-order valence-electron chi connectivity index (χ4n) is 7.71. The van der Waals surface area contributed by atoms with Crippen LogP contribution in [0, 0.1) is 39.8 Å². The van der Waals surface area contributed by atoms with Crippen molar-refractivity contribution in [1.29, 1.82) is 0 Å². The van der Waals surface area contributed by atoms with E-state index in [0.29, 0.717) is 11.5 Å². The van der Waals surface area contributed by atoms with Gasteiger partial charge >= 0.3 is 21.1 Å². The molecule has 0 radical (unpaired) electrons. The van der Waals surface area contributed by atoms with Crippen molar-refractivity contribution in [2.45, 2.75) is 27.7 Å². The van der Waals surface area contributed by atoms with E-state index >= 15 is 0 Å². The Hall–Kier alpha value is -5.91. The SMILES string of the molecule is Cc1cccc(C)c1-c1ccc2c3ccc(Oc4[c-]c5c(cc4)c4ccc(-c6c(C)cccc6C)nc4n4ccnc54)[c-]c3c3nccn3c2n1.[Pt+2]. The van der Waals surface area contributed by atoms with Gasteiger partial charge in [0.1, 0.15) is 11.3 Å². The maximum Gasteiger partial charge on any atom is 2.00 e. The monoisotopic (exact) mass is 853 g/mol. The van der Waals surface area contributed by atoms with Crippen molar-refractivity contribution >= 4 is 54.9 Å². The predicted octanol–water partition coefficient (Wildman–Crippen LogP) is 10.3. The number of fused-ring (bicyclic) bond motifs is 12. The molecule has 0 amide bonds. The Bertz CT molecular complexity index is 2820. The van der Waals surface area contributed by atoms with Crippen molar-refractivity contribution in [3.63, 3.8) is 0 Å². The van der Waals surface area contributed by atoms with Crippen LogP contribution in [0.1, 0.15) is 22.3 Å². The zero-order chi connectivity index (χ0) is 34.4. The molecule has 0 aliphatic carbocycles. The van der Waals surface area contributed by atoms with Gasteiger partial charge in [0.15, 0.2) is 0 Å². The van der Waals surface area contributed by atoms with Gasteiger partial charge in [-0.3, -0.25) is 9.97 Å². The number of hydrogen-bond acceptors (Lipinski definition) is 5. The molecule has 0 unspecified atom stereocenters. The third kappa shape index (κ3) is 4.84. The molecule has 0 fully saturated rings. The van der Waals surface area contributed by atoms with E-state index < -0.39 is 0 Å². The van der Waals surface area contributed by atoms with Crippen LogP contribution in [0.5, 0.6) is 11.5 Å². The van der Waals surface area contributed by atoms with Gasteiger partial charge in [0.05, 0.1) is 22.7 Å². The molecule has 7 nitrogen and oxygen atoms in total. The number of benzene rings is 4. The number of ether oxygens (including phenoxy) is 1. The second-order valence-corrected chi connectivity index (χ2v) is 13.2. The Morgan fingerprint density at radius 2 is 0.885 bits per heavy atom. The molecule has 0 aliphatic heterocycles. The topological polar surface area (TPSA) is 69.6 Å². The van der Waals surface area contributed by atoms with E-state index in [1.54, 1.807) is 12.4 Å². The third-order valence-corrected chi connectivity index (χ3v) is 10.0. The van der Waals surface area contributed by atoms with Crippen LogP contribution in [0.4, 0.5) is 0 Å². The second-order valence-electron chi connectivity index (χ2n) is 13.2. The molecule has 10 aromatic rings. The van der Waals surface area contributed by atoms with Crippen molar-refractivity contribution < 1.29 is 25.8 Å². The quantitative estimate of drug-likeness (QED) is 0.130. The van der Waals surface area contributed by atoms with Gasteiger partial charge in [-0.15, -0.1) is 12.1 Å². The third-order valence-electron chi connectivity index (χ3n) is 10.0. The summed E-state index contributed by atoms with van der Waals surface area (Å²) in [5, 5.41) is 5.79. The first-order valence-electron chi connectivity index (χ1n) is 17.0. The first kappa shape index (κ1) is 32.0. The van der Waals surface area contributed by atoms with Crippen LogP contribution >= 0.6 is 0 Å². The van der Waals surface area contributed by atoms with Crippen LogP contribution in [0.3, 0.4) is 0 Å². The minimum atomic E-state index is 0. The van der Waals surface area contributed by atoms with Crippen LogP contribution in [0.25, 0.3) is 77.4 Å². The van der Waals surface area contributed by atoms with Crippen molar-refractivity contribution in [2.24, 2.45) is 0 Å². The molecule has 0 bridgehead atoms. The van der Waals surface area contributed by atoms with Gasteiger partial charge in [0, 0.05) is 47.4 Å². The van der Waals surface area contributed by atoms with Crippen LogP contribution in [-0.4, -0.2) is 28.7 Å². The summed E-state index contributed by atoms with van der Waals surface area (Å²) in [6.07, 6.45) is 7.52. The van der Waals surface area contributed by atoms with E-state index in [4.69, 9.17) is 24.7 Å². The molecule has 0 saturated heterocycles. The minimum absolute atomic E-state index is 0. The van der Waals surface area contributed by atoms with E-state index in [1.807, 2.05) is 33.3 Å². The largest absolute Gasteiger partial charge is 2.00 e. The van der Waals surface area contributed by atoms with E-state index in [2.05, 4.69) is 113 Å². The number of hydrogen-bond donors (Lipinski definition) is 0. The van der Waals surface area contributed by atoms with E-state index in [0.717, 1.165) is 77.4 Å². The Balaban J connectivity index is 0.00000360.